The SMILES string of the molecule is CCN(CC)S(=O)(=O)c1ccc(S(=O)(=O)N2CCC[C@@H](C(=O)N3CCC(F)(F)CC3)C2)cc1. The zero-order chi connectivity index (χ0) is 24.4. The van der Waals surface area contributed by atoms with Gasteiger partial charge in [-0.05, 0) is 37.1 Å². The molecule has 8 nitrogen and oxygen atoms in total. The molecule has 186 valence electrons. The van der Waals surface area contributed by atoms with E-state index < -0.39 is 31.9 Å². The highest BCUT2D eigenvalue weighted by molar-refractivity contribution is 7.89. The molecular weight excluding hydrogens is 476 g/mol. The van der Waals surface area contributed by atoms with Crippen LogP contribution < -0.4 is 0 Å². The Labute approximate surface area is 194 Å². The van der Waals surface area contributed by atoms with Gasteiger partial charge in [0.1, 0.15) is 0 Å². The lowest BCUT2D eigenvalue weighted by atomic mass is 9.96. The fourth-order valence-corrected chi connectivity index (χ4v) is 7.30. The molecule has 1 aromatic carbocycles. The van der Waals surface area contributed by atoms with Crippen LogP contribution in [0.4, 0.5) is 8.78 Å². The van der Waals surface area contributed by atoms with Crippen LogP contribution in [0.2, 0.25) is 0 Å². The molecule has 0 unspecified atom stereocenters. The third-order valence-corrected chi connectivity index (χ3v) is 10.3. The number of piperidine rings is 2. The van der Waals surface area contributed by atoms with Gasteiger partial charge in [-0.25, -0.2) is 25.6 Å². The number of halogens is 2. The number of carbonyl (C=O) groups is 1. The third kappa shape index (κ3) is 5.55. The first kappa shape index (κ1) is 26.0. The van der Waals surface area contributed by atoms with E-state index in [0.29, 0.717) is 25.9 Å². The van der Waals surface area contributed by atoms with Gasteiger partial charge in [0.2, 0.25) is 26.0 Å². The minimum Gasteiger partial charge on any atom is -0.342 e. The summed E-state index contributed by atoms with van der Waals surface area (Å²) in [5.74, 6) is -3.63. The van der Waals surface area contributed by atoms with Crippen molar-refractivity contribution in [3.05, 3.63) is 24.3 Å². The maximum atomic E-state index is 13.4. The highest BCUT2D eigenvalue weighted by atomic mass is 32.2. The molecule has 0 radical (unpaired) electrons. The predicted molar refractivity (Wildman–Crippen MR) is 119 cm³/mol. The maximum absolute atomic E-state index is 13.4. The van der Waals surface area contributed by atoms with Crippen LogP contribution in [0.5, 0.6) is 0 Å². The van der Waals surface area contributed by atoms with E-state index in [-0.39, 0.29) is 54.7 Å². The summed E-state index contributed by atoms with van der Waals surface area (Å²) in [7, 11) is -7.64. The quantitative estimate of drug-likeness (QED) is 0.565. The normalized spacial score (nSPS) is 22.5. The fraction of sp³-hybridized carbons (Fsp3) is 0.667. The summed E-state index contributed by atoms with van der Waals surface area (Å²) < 4.78 is 81.0. The molecule has 1 atom stereocenters. The lowest BCUT2D eigenvalue weighted by molar-refractivity contribution is -0.142. The number of amides is 1. The second-order valence-corrected chi connectivity index (χ2v) is 12.3. The molecule has 2 heterocycles. The van der Waals surface area contributed by atoms with Crippen LogP contribution in [-0.4, -0.2) is 81.4 Å². The van der Waals surface area contributed by atoms with E-state index in [1.165, 1.54) is 37.8 Å². The van der Waals surface area contributed by atoms with Crippen molar-refractivity contribution in [2.45, 2.75) is 55.2 Å². The van der Waals surface area contributed by atoms with Crippen LogP contribution in [-0.2, 0) is 24.8 Å². The summed E-state index contributed by atoms with van der Waals surface area (Å²) in [5, 5.41) is 0. The number of nitrogens with zero attached hydrogens (tertiary/aromatic N) is 3. The molecule has 0 aromatic heterocycles. The van der Waals surface area contributed by atoms with Crippen molar-refractivity contribution in [2.75, 3.05) is 39.3 Å². The molecule has 0 aliphatic carbocycles. The van der Waals surface area contributed by atoms with Crippen molar-refractivity contribution in [1.29, 1.82) is 0 Å². The minimum atomic E-state index is -3.94. The number of alkyl halides is 2. The smallest absolute Gasteiger partial charge is 0.251 e. The topological polar surface area (TPSA) is 95.1 Å². The van der Waals surface area contributed by atoms with E-state index in [9.17, 15) is 30.4 Å². The van der Waals surface area contributed by atoms with Gasteiger partial charge in [0.05, 0.1) is 15.7 Å². The zero-order valence-electron chi connectivity index (χ0n) is 18.9. The van der Waals surface area contributed by atoms with E-state index in [0.717, 1.165) is 0 Å². The second kappa shape index (κ2) is 9.93. The molecule has 1 amide bonds. The van der Waals surface area contributed by atoms with Crippen molar-refractivity contribution in [3.8, 4) is 0 Å². The predicted octanol–water partition coefficient (Wildman–Crippen LogP) is 2.38. The van der Waals surface area contributed by atoms with E-state index in [1.807, 2.05) is 0 Å². The third-order valence-electron chi connectivity index (χ3n) is 6.34. The number of benzene rings is 1. The Morgan fingerprint density at radius 2 is 1.55 bits per heavy atom. The first-order valence-electron chi connectivity index (χ1n) is 11.2. The van der Waals surface area contributed by atoms with Crippen LogP contribution in [0.1, 0.15) is 39.5 Å². The molecule has 2 aliphatic heterocycles. The van der Waals surface area contributed by atoms with Crippen LogP contribution in [0.3, 0.4) is 0 Å². The fourth-order valence-electron chi connectivity index (χ4n) is 4.32. The Hall–Kier alpha value is -1.63. The van der Waals surface area contributed by atoms with Gasteiger partial charge in [-0.2, -0.15) is 8.61 Å². The first-order chi connectivity index (χ1) is 15.4. The van der Waals surface area contributed by atoms with Crippen molar-refractivity contribution < 1.29 is 30.4 Å². The number of likely N-dealkylation sites (tertiary alicyclic amines) is 1. The average Bonchev–Trinajstić information content (AvgIpc) is 2.79. The van der Waals surface area contributed by atoms with E-state index in [2.05, 4.69) is 0 Å². The summed E-state index contributed by atoms with van der Waals surface area (Å²) in [6.45, 7) is 4.21. The van der Waals surface area contributed by atoms with Crippen LogP contribution in [0, 0.1) is 5.92 Å². The molecule has 3 rings (SSSR count). The van der Waals surface area contributed by atoms with E-state index in [4.69, 9.17) is 0 Å². The van der Waals surface area contributed by atoms with Gasteiger partial charge in [-0.1, -0.05) is 13.8 Å². The van der Waals surface area contributed by atoms with Gasteiger partial charge in [0.15, 0.2) is 0 Å². The van der Waals surface area contributed by atoms with Crippen molar-refractivity contribution in [1.82, 2.24) is 13.5 Å². The van der Waals surface area contributed by atoms with Crippen LogP contribution in [0.15, 0.2) is 34.1 Å². The van der Waals surface area contributed by atoms with Crippen LogP contribution >= 0.6 is 0 Å². The van der Waals surface area contributed by atoms with Gasteiger partial charge in [0.25, 0.3) is 5.92 Å². The molecule has 12 heteroatoms. The molecule has 1 aromatic rings. The van der Waals surface area contributed by atoms with Gasteiger partial charge >= 0.3 is 0 Å². The Morgan fingerprint density at radius 1 is 1.00 bits per heavy atom. The monoisotopic (exact) mass is 507 g/mol. The number of sulfonamides is 2. The summed E-state index contributed by atoms with van der Waals surface area (Å²) >= 11 is 0. The van der Waals surface area contributed by atoms with Gasteiger partial charge in [-0.3, -0.25) is 4.79 Å². The Morgan fingerprint density at radius 3 is 2.09 bits per heavy atom. The van der Waals surface area contributed by atoms with Crippen LogP contribution in [0.25, 0.3) is 0 Å². The van der Waals surface area contributed by atoms with Gasteiger partial charge < -0.3 is 4.90 Å². The van der Waals surface area contributed by atoms with E-state index in [1.54, 1.807) is 13.8 Å². The maximum Gasteiger partial charge on any atom is 0.251 e. The number of carbonyl (C=O) groups excluding carboxylic acids is 1. The minimum absolute atomic E-state index is 0.0127. The van der Waals surface area contributed by atoms with Gasteiger partial charge in [-0.15, -0.1) is 0 Å². The molecule has 2 saturated heterocycles. The van der Waals surface area contributed by atoms with Gasteiger partial charge in [0, 0.05) is 52.1 Å². The molecule has 0 saturated carbocycles. The summed E-state index contributed by atoms with van der Waals surface area (Å²) in [6, 6.07) is 5.09. The highest BCUT2D eigenvalue weighted by Gasteiger charge is 2.39. The van der Waals surface area contributed by atoms with E-state index >= 15 is 0 Å². The lowest BCUT2D eigenvalue weighted by Crippen LogP contribution is -2.49. The van der Waals surface area contributed by atoms with Crippen molar-refractivity contribution in [3.63, 3.8) is 0 Å². The Bertz CT molecular complexity index is 1050. The molecular formula is C21H31F2N3O5S2. The highest BCUT2D eigenvalue weighted by Crippen LogP contribution is 2.31. The van der Waals surface area contributed by atoms with Crippen molar-refractivity contribution >= 4 is 26.0 Å². The number of hydrogen-bond acceptors (Lipinski definition) is 5. The second-order valence-electron chi connectivity index (χ2n) is 8.44. The largest absolute Gasteiger partial charge is 0.342 e. The molecule has 0 bridgehead atoms. The molecule has 33 heavy (non-hydrogen) atoms. The standard InChI is InChI=1S/C21H31F2N3O5S2/c1-3-25(4-2)32(28,29)18-7-9-19(10-8-18)33(30,31)26-13-5-6-17(16-26)20(27)24-14-11-21(22,23)12-15-24/h7-10,17H,3-6,11-16H2,1-2H3/t17-/m1/s1. The zero-order valence-corrected chi connectivity index (χ0v) is 20.5. The Kier molecular flexibility index (Phi) is 7.82. The summed E-state index contributed by atoms with van der Waals surface area (Å²) in [4.78, 5) is 14.2. The Balaban J connectivity index is 1.73. The lowest BCUT2D eigenvalue weighted by Gasteiger charge is -2.37. The summed E-state index contributed by atoms with van der Waals surface area (Å²) in [5.41, 5.74) is 0. The first-order valence-corrected chi connectivity index (χ1v) is 14.1. The molecule has 0 spiro atoms. The summed E-state index contributed by atoms with van der Waals surface area (Å²) in [6.07, 6.45) is 0.222. The molecule has 0 N–H and O–H groups in total. The molecule has 2 fully saturated rings. The molecule has 2 aliphatic rings. The average molecular weight is 508 g/mol. The number of hydrogen-bond donors (Lipinski definition) is 0. The number of rotatable bonds is 7. The van der Waals surface area contributed by atoms with Crippen molar-refractivity contribution in [2.24, 2.45) is 5.92 Å².